The largest absolute Gasteiger partial charge is 0.479 e. The second-order valence-electron chi connectivity index (χ2n) is 3.64. The van der Waals surface area contributed by atoms with Gasteiger partial charge >= 0.3 is 5.97 Å². The number of benzene rings is 1. The lowest BCUT2D eigenvalue weighted by Gasteiger charge is -2.13. The summed E-state index contributed by atoms with van der Waals surface area (Å²) >= 11 is 3.37. The molecule has 4 nitrogen and oxygen atoms in total. The minimum absolute atomic E-state index is 0.542. The molecule has 1 aromatic carbocycles. The molecule has 0 amide bonds. The van der Waals surface area contributed by atoms with Crippen molar-refractivity contribution in [2.24, 2.45) is 0 Å². The molecule has 5 heteroatoms. The molecule has 0 radical (unpaired) electrons. The number of halogens is 1. The molecule has 0 aliphatic rings. The summed E-state index contributed by atoms with van der Waals surface area (Å²) in [6.07, 6.45) is -0.856. The Morgan fingerprint density at radius 1 is 1.59 bits per heavy atom. The minimum Gasteiger partial charge on any atom is -0.479 e. The summed E-state index contributed by atoms with van der Waals surface area (Å²) in [5.74, 6) is -0.436. The summed E-state index contributed by atoms with van der Waals surface area (Å²) < 4.78 is 6.06. The third-order valence-corrected chi connectivity index (χ3v) is 2.85. The van der Waals surface area contributed by atoms with E-state index < -0.39 is 12.1 Å². The van der Waals surface area contributed by atoms with Crippen molar-refractivity contribution < 1.29 is 14.6 Å². The van der Waals surface area contributed by atoms with Crippen LogP contribution in [0.5, 0.6) is 5.75 Å². The van der Waals surface area contributed by atoms with Gasteiger partial charge in [-0.25, -0.2) is 4.79 Å². The molecular formula is C12H16BrNO3. The van der Waals surface area contributed by atoms with Crippen molar-refractivity contribution in [2.45, 2.75) is 26.5 Å². The van der Waals surface area contributed by atoms with Gasteiger partial charge in [0.2, 0.25) is 0 Å². The highest BCUT2D eigenvalue weighted by molar-refractivity contribution is 9.10. The van der Waals surface area contributed by atoms with E-state index in [1.54, 1.807) is 6.07 Å². The van der Waals surface area contributed by atoms with Gasteiger partial charge in [-0.2, -0.15) is 0 Å². The Morgan fingerprint density at radius 2 is 2.29 bits per heavy atom. The van der Waals surface area contributed by atoms with Crippen LogP contribution in [-0.4, -0.2) is 23.7 Å². The van der Waals surface area contributed by atoms with Gasteiger partial charge in [-0.05, 0) is 47.1 Å². The number of aliphatic carboxylic acids is 1. The Bertz CT molecular complexity index is 395. The summed E-state index contributed by atoms with van der Waals surface area (Å²) in [5.41, 5.74) is 1.12. The third kappa shape index (κ3) is 4.36. The predicted molar refractivity (Wildman–Crippen MR) is 69.2 cm³/mol. The van der Waals surface area contributed by atoms with Crippen LogP contribution in [0.4, 0.5) is 0 Å². The predicted octanol–water partition coefficient (Wildman–Crippen LogP) is 2.41. The van der Waals surface area contributed by atoms with E-state index in [2.05, 4.69) is 21.2 Å². The number of carbonyl (C=O) groups is 1. The van der Waals surface area contributed by atoms with E-state index in [-0.39, 0.29) is 0 Å². The van der Waals surface area contributed by atoms with Gasteiger partial charge in [0, 0.05) is 6.54 Å². The lowest BCUT2D eigenvalue weighted by atomic mass is 10.2. The third-order valence-electron chi connectivity index (χ3n) is 2.23. The molecule has 0 heterocycles. The molecule has 94 valence electrons. The Labute approximate surface area is 109 Å². The van der Waals surface area contributed by atoms with E-state index in [9.17, 15) is 4.79 Å². The first-order valence-electron chi connectivity index (χ1n) is 5.43. The van der Waals surface area contributed by atoms with E-state index in [4.69, 9.17) is 9.84 Å². The lowest BCUT2D eigenvalue weighted by Crippen LogP contribution is -2.23. The van der Waals surface area contributed by atoms with Gasteiger partial charge in [0.25, 0.3) is 0 Å². The smallest absolute Gasteiger partial charge is 0.344 e. The molecule has 0 aliphatic carbocycles. The number of carboxylic acid groups (broad SMARTS) is 1. The molecule has 1 atom stereocenters. The monoisotopic (exact) mass is 301 g/mol. The molecule has 0 fully saturated rings. The van der Waals surface area contributed by atoms with Crippen molar-refractivity contribution in [3.8, 4) is 5.75 Å². The van der Waals surface area contributed by atoms with Crippen molar-refractivity contribution in [1.82, 2.24) is 5.32 Å². The fraction of sp³-hybridized carbons (Fsp3) is 0.417. The number of nitrogens with one attached hydrogen (secondary N) is 1. The van der Waals surface area contributed by atoms with Crippen LogP contribution >= 0.6 is 15.9 Å². The Hall–Kier alpha value is -1.07. The van der Waals surface area contributed by atoms with Crippen LogP contribution in [0.25, 0.3) is 0 Å². The van der Waals surface area contributed by atoms with Crippen LogP contribution in [0.15, 0.2) is 22.7 Å². The van der Waals surface area contributed by atoms with Gasteiger partial charge in [0.1, 0.15) is 5.75 Å². The zero-order chi connectivity index (χ0) is 12.8. The Morgan fingerprint density at radius 3 is 2.82 bits per heavy atom. The number of ether oxygens (including phenoxy) is 1. The SMILES string of the molecule is CCNCc1ccc(OC(C)C(=O)O)c(Br)c1. The van der Waals surface area contributed by atoms with Crippen molar-refractivity contribution in [3.63, 3.8) is 0 Å². The quantitative estimate of drug-likeness (QED) is 0.847. The fourth-order valence-corrected chi connectivity index (χ4v) is 1.78. The fourth-order valence-electron chi connectivity index (χ4n) is 1.26. The van der Waals surface area contributed by atoms with Gasteiger partial charge in [0.05, 0.1) is 4.47 Å². The maximum atomic E-state index is 10.7. The van der Waals surface area contributed by atoms with Gasteiger partial charge in [-0.3, -0.25) is 0 Å². The van der Waals surface area contributed by atoms with E-state index in [1.165, 1.54) is 6.92 Å². The standard InChI is InChI=1S/C12H16BrNO3/c1-3-14-7-9-4-5-11(10(13)6-9)17-8(2)12(15)16/h4-6,8,14H,3,7H2,1-2H3,(H,15,16). The Kier molecular flexibility index (Phi) is 5.44. The van der Waals surface area contributed by atoms with Crippen LogP contribution in [0.3, 0.4) is 0 Å². The molecule has 1 aromatic rings. The first kappa shape index (κ1) is 14.0. The molecule has 1 unspecified atom stereocenters. The molecule has 0 saturated heterocycles. The molecule has 0 aromatic heterocycles. The van der Waals surface area contributed by atoms with Crippen molar-refractivity contribution in [2.75, 3.05) is 6.54 Å². The summed E-state index contributed by atoms with van der Waals surface area (Å²) in [5, 5.41) is 12.0. The maximum Gasteiger partial charge on any atom is 0.344 e. The second-order valence-corrected chi connectivity index (χ2v) is 4.50. The summed E-state index contributed by atoms with van der Waals surface area (Å²) in [7, 11) is 0. The number of hydrogen-bond donors (Lipinski definition) is 2. The molecule has 0 spiro atoms. The second kappa shape index (κ2) is 6.61. The zero-order valence-electron chi connectivity index (χ0n) is 9.87. The summed E-state index contributed by atoms with van der Waals surface area (Å²) in [4.78, 5) is 10.7. The van der Waals surface area contributed by atoms with Crippen molar-refractivity contribution in [3.05, 3.63) is 28.2 Å². The van der Waals surface area contributed by atoms with Crippen LogP contribution in [0.2, 0.25) is 0 Å². The van der Waals surface area contributed by atoms with Crippen LogP contribution in [0.1, 0.15) is 19.4 Å². The molecule has 0 bridgehead atoms. The van der Waals surface area contributed by atoms with Crippen molar-refractivity contribution in [1.29, 1.82) is 0 Å². The van der Waals surface area contributed by atoms with Gasteiger partial charge in [-0.15, -0.1) is 0 Å². The average Bonchev–Trinajstić information content (AvgIpc) is 2.29. The number of carboxylic acids is 1. The molecule has 2 N–H and O–H groups in total. The van der Waals surface area contributed by atoms with Crippen molar-refractivity contribution >= 4 is 21.9 Å². The molecule has 17 heavy (non-hydrogen) atoms. The molecule has 0 aliphatic heterocycles. The summed E-state index contributed by atoms with van der Waals surface area (Å²) in [6.45, 7) is 5.23. The first-order chi connectivity index (χ1) is 8.04. The number of rotatable bonds is 6. The van der Waals surface area contributed by atoms with Gasteiger partial charge in [0.15, 0.2) is 6.10 Å². The van der Waals surface area contributed by atoms with Gasteiger partial charge < -0.3 is 15.2 Å². The molecule has 0 saturated carbocycles. The van der Waals surface area contributed by atoms with Crippen LogP contribution in [-0.2, 0) is 11.3 Å². The van der Waals surface area contributed by atoms with Gasteiger partial charge in [-0.1, -0.05) is 13.0 Å². The highest BCUT2D eigenvalue weighted by Gasteiger charge is 2.14. The minimum atomic E-state index is -0.978. The Balaban J connectivity index is 2.72. The first-order valence-corrected chi connectivity index (χ1v) is 6.22. The zero-order valence-corrected chi connectivity index (χ0v) is 11.5. The highest BCUT2D eigenvalue weighted by atomic mass is 79.9. The van der Waals surface area contributed by atoms with E-state index in [0.717, 1.165) is 23.1 Å². The normalized spacial score (nSPS) is 12.2. The maximum absolute atomic E-state index is 10.7. The van der Waals surface area contributed by atoms with Crippen LogP contribution < -0.4 is 10.1 Å². The van der Waals surface area contributed by atoms with E-state index in [0.29, 0.717) is 5.75 Å². The van der Waals surface area contributed by atoms with Crippen LogP contribution in [0, 0.1) is 0 Å². The lowest BCUT2D eigenvalue weighted by molar-refractivity contribution is -0.144. The molecule has 1 rings (SSSR count). The average molecular weight is 302 g/mol. The summed E-state index contributed by atoms with van der Waals surface area (Å²) in [6, 6.07) is 5.61. The highest BCUT2D eigenvalue weighted by Crippen LogP contribution is 2.26. The topological polar surface area (TPSA) is 58.6 Å². The number of hydrogen-bond acceptors (Lipinski definition) is 3. The molecular weight excluding hydrogens is 286 g/mol. The van der Waals surface area contributed by atoms with E-state index in [1.807, 2.05) is 19.1 Å². The van der Waals surface area contributed by atoms with E-state index >= 15 is 0 Å².